The first-order valence-electron chi connectivity index (χ1n) is 40.3. The lowest BCUT2D eigenvalue weighted by molar-refractivity contribution is 0.592. The van der Waals surface area contributed by atoms with Gasteiger partial charge in [0.1, 0.15) is 33.9 Å². The van der Waals surface area contributed by atoms with E-state index in [2.05, 4.69) is 212 Å². The summed E-state index contributed by atoms with van der Waals surface area (Å²) in [4.78, 5) is 59.0. The Balaban J connectivity index is 0.000000113. The van der Waals surface area contributed by atoms with Crippen molar-refractivity contribution in [1.29, 1.82) is 0 Å². The van der Waals surface area contributed by atoms with Crippen LogP contribution >= 0.6 is 7.14 Å². The number of hydrogen-bond donors (Lipinski definition) is 0. The van der Waals surface area contributed by atoms with Gasteiger partial charge in [0.2, 0.25) is 0 Å². The van der Waals surface area contributed by atoms with E-state index in [9.17, 15) is 4.57 Å². The minimum absolute atomic E-state index is 0.453. The van der Waals surface area contributed by atoms with Crippen molar-refractivity contribution in [3.8, 4) is 102 Å². The molecule has 0 fully saturated rings. The van der Waals surface area contributed by atoms with Crippen LogP contribution in [0.4, 0.5) is 0 Å². The Bertz CT molecular complexity index is 7410. The summed E-state index contributed by atoms with van der Waals surface area (Å²) < 4.78 is 14.7. The first kappa shape index (κ1) is 73.4. The molecule has 0 amide bonds. The molecule has 13 nitrogen and oxygen atoms in total. The number of rotatable bonds is 12. The maximum atomic E-state index is 14.7. The number of aromatic nitrogens is 12. The van der Waals surface area contributed by atoms with Crippen LogP contribution in [-0.2, 0) is 4.57 Å². The summed E-state index contributed by atoms with van der Waals surface area (Å²) in [7, 11) is -3.20. The fourth-order valence-corrected chi connectivity index (χ4v) is 18.9. The Kier molecular flexibility index (Phi) is 19.3. The van der Waals surface area contributed by atoms with Crippen LogP contribution in [0.5, 0.6) is 0 Å². The SMILES string of the molecule is O=P(c1ccccc1)(c1ccccc1)c1cnc(-c2nc3ccccc3c3c2ccc2ccccc23)cn1.c1ccc(-c2cc(-c3ccccc3)nc(-c3cnc(-c4nc5ccccc5c5c4ccc4ccccc45)cn3)c2)cc1.c1ccc(-c2cc(-c3cnc(-c4nc5ccccc5c5c4ccc4ccccc45)cn3)nc(-c3ccccc3)n2)cc1. The van der Waals surface area contributed by atoms with Gasteiger partial charge in [-0.3, -0.25) is 24.9 Å². The highest BCUT2D eigenvalue weighted by Gasteiger charge is 2.32. The zero-order valence-electron chi connectivity index (χ0n) is 65.6. The Hall–Kier alpha value is -16.2. The molecule has 0 aliphatic rings. The van der Waals surface area contributed by atoms with Gasteiger partial charge in [0.15, 0.2) is 13.0 Å². The van der Waals surface area contributed by atoms with Gasteiger partial charge in [-0.15, -0.1) is 0 Å². The second-order valence-corrected chi connectivity index (χ2v) is 32.4. The van der Waals surface area contributed by atoms with Crippen LogP contribution in [0.2, 0.25) is 0 Å². The molecule has 0 aliphatic carbocycles. The van der Waals surface area contributed by atoms with Crippen LogP contribution in [0, 0.1) is 0 Å². The molecule has 23 aromatic rings. The van der Waals surface area contributed by atoms with Crippen molar-refractivity contribution in [2.45, 2.75) is 0 Å². The second kappa shape index (κ2) is 32.0. The van der Waals surface area contributed by atoms with Crippen molar-refractivity contribution in [2.75, 3.05) is 0 Å². The molecule has 8 heterocycles. The summed E-state index contributed by atoms with van der Waals surface area (Å²) in [5.41, 5.74) is 17.5. The van der Waals surface area contributed by atoms with E-state index in [1.54, 1.807) is 24.8 Å². The van der Waals surface area contributed by atoms with E-state index in [0.717, 1.165) is 133 Å². The highest BCUT2D eigenvalue weighted by Crippen LogP contribution is 2.44. The molecular weight excluding hydrogens is 1510 g/mol. The van der Waals surface area contributed by atoms with Crippen molar-refractivity contribution in [3.05, 3.63) is 419 Å². The van der Waals surface area contributed by atoms with Gasteiger partial charge in [-0.05, 0) is 79.8 Å². The van der Waals surface area contributed by atoms with Gasteiger partial charge in [0.25, 0.3) is 0 Å². The van der Waals surface area contributed by atoms with Gasteiger partial charge in [-0.2, -0.15) is 0 Å². The molecule has 0 atom stereocenters. The average Bonchev–Trinajstić information content (AvgIpc) is 0.746. The summed E-state index contributed by atoms with van der Waals surface area (Å²) in [6, 6.07) is 129. The minimum atomic E-state index is -3.20. The van der Waals surface area contributed by atoms with Crippen molar-refractivity contribution in [1.82, 2.24) is 59.8 Å². The molecule has 0 saturated heterocycles. The smallest absolute Gasteiger partial charge is 0.190 e. The molecule has 0 unspecified atom stereocenters. The molecule has 572 valence electrons. The molecule has 14 heteroatoms. The van der Waals surface area contributed by atoms with Gasteiger partial charge < -0.3 is 4.57 Å². The minimum Gasteiger partial charge on any atom is -0.307 e. The predicted molar refractivity (Wildman–Crippen MR) is 499 cm³/mol. The lowest BCUT2D eigenvalue weighted by atomic mass is 9.96. The maximum absolute atomic E-state index is 14.7. The summed E-state index contributed by atoms with van der Waals surface area (Å²) in [5, 5.41) is 18.6. The quantitative estimate of drug-likeness (QED) is 0.0836. The van der Waals surface area contributed by atoms with Gasteiger partial charge in [-0.25, -0.2) is 34.9 Å². The van der Waals surface area contributed by atoms with E-state index in [4.69, 9.17) is 59.8 Å². The summed E-state index contributed by atoms with van der Waals surface area (Å²) in [6.07, 6.45) is 10.6. The van der Waals surface area contributed by atoms with Gasteiger partial charge in [0.05, 0.1) is 93.6 Å². The molecule has 0 aliphatic heterocycles. The fraction of sp³-hybridized carbons (Fsp3) is 0. The zero-order valence-corrected chi connectivity index (χ0v) is 66.5. The van der Waals surface area contributed by atoms with Crippen molar-refractivity contribution in [2.24, 2.45) is 0 Å². The van der Waals surface area contributed by atoms with E-state index in [0.29, 0.717) is 39.7 Å². The monoisotopic (exact) mass is 1580 g/mol. The lowest BCUT2D eigenvalue weighted by Crippen LogP contribution is -2.27. The average molecular weight is 1580 g/mol. The lowest BCUT2D eigenvalue weighted by Gasteiger charge is -2.19. The molecule has 0 N–H and O–H groups in total. The number of fused-ring (bicyclic) bond motifs is 15. The molecule has 0 bridgehead atoms. The highest BCUT2D eigenvalue weighted by molar-refractivity contribution is 7.85. The number of para-hydroxylation sites is 3. The summed E-state index contributed by atoms with van der Waals surface area (Å²) in [6.45, 7) is 0. The summed E-state index contributed by atoms with van der Waals surface area (Å²) >= 11 is 0. The third-order valence-corrected chi connectivity index (χ3v) is 25.3. The van der Waals surface area contributed by atoms with E-state index in [-0.39, 0.29) is 0 Å². The van der Waals surface area contributed by atoms with Crippen molar-refractivity contribution >= 4 is 121 Å². The van der Waals surface area contributed by atoms with Crippen LogP contribution in [0.15, 0.2) is 419 Å². The van der Waals surface area contributed by atoms with Gasteiger partial charge in [-0.1, -0.05) is 346 Å². The Morgan fingerprint density at radius 3 is 0.885 bits per heavy atom. The molecule has 0 radical (unpaired) electrons. The van der Waals surface area contributed by atoms with Crippen molar-refractivity contribution in [3.63, 3.8) is 0 Å². The standard InChI is InChI=1S/C38H24N4.C37H23N5.C33H22N3OP/c1-3-11-25(12-4-1)28-21-33(27-14-5-2-6-15-27)41-34(22-28)35-23-40-36(24-39-35)38-31-20-19-26-13-7-8-16-29(26)37(31)30-17-9-10-18-32(30)42-38;1-3-12-25(13-4-1)31-21-32(42-37(41-31)26-14-5-2-6-15-26)33-22-39-34(23-38-33)36-29-20-19-24-11-7-8-16-27(24)35(29)28-17-9-10-18-30(28)40-36;37-38(24-12-3-1-4-13-24,25-14-5-2-6-15-25)31-22-34-30(21-35-31)33-28-20-19-23-11-7-8-16-26(23)32(28)27-17-9-10-18-29(27)36-33/h1-24H;1-23H;1-22H. The van der Waals surface area contributed by atoms with Crippen LogP contribution < -0.4 is 16.0 Å². The van der Waals surface area contributed by atoms with Crippen LogP contribution in [0.1, 0.15) is 0 Å². The normalized spacial score (nSPS) is 11.5. The van der Waals surface area contributed by atoms with Crippen molar-refractivity contribution < 1.29 is 4.57 Å². The zero-order chi connectivity index (χ0) is 81.3. The largest absolute Gasteiger partial charge is 0.307 e. The molecule has 15 aromatic carbocycles. The number of pyridine rings is 4. The topological polar surface area (TPSA) is 172 Å². The summed E-state index contributed by atoms with van der Waals surface area (Å²) in [5.74, 6) is 0.645. The number of benzene rings is 15. The van der Waals surface area contributed by atoms with Gasteiger partial charge in [0, 0.05) is 75.8 Å². The van der Waals surface area contributed by atoms with E-state index >= 15 is 0 Å². The van der Waals surface area contributed by atoms with Crippen LogP contribution in [0.3, 0.4) is 0 Å². The molecule has 8 aromatic heterocycles. The first-order chi connectivity index (χ1) is 60.4. The van der Waals surface area contributed by atoms with Crippen LogP contribution in [0.25, 0.3) is 199 Å². The van der Waals surface area contributed by atoms with Crippen LogP contribution in [-0.4, -0.2) is 59.8 Å². The third kappa shape index (κ3) is 13.9. The molecule has 122 heavy (non-hydrogen) atoms. The predicted octanol–water partition coefficient (Wildman–Crippen LogP) is 24.8. The Morgan fingerprint density at radius 2 is 0.492 bits per heavy atom. The van der Waals surface area contributed by atoms with E-state index in [1.165, 1.54) is 43.1 Å². The Labute approximate surface area is 701 Å². The number of hydrogen-bond acceptors (Lipinski definition) is 13. The molecule has 23 rings (SSSR count). The Morgan fingerprint density at radius 1 is 0.189 bits per heavy atom. The fourth-order valence-electron chi connectivity index (χ4n) is 16.5. The van der Waals surface area contributed by atoms with E-state index < -0.39 is 7.14 Å². The first-order valence-corrected chi connectivity index (χ1v) is 42.0. The molecular formula is C108H69N12OP. The molecule has 0 saturated carbocycles. The number of nitrogens with zero attached hydrogens (tertiary/aromatic N) is 12. The maximum Gasteiger partial charge on any atom is 0.190 e. The second-order valence-electron chi connectivity index (χ2n) is 29.7. The highest BCUT2D eigenvalue weighted by atomic mass is 31.2. The van der Waals surface area contributed by atoms with E-state index in [1.807, 2.05) is 182 Å². The molecule has 0 spiro atoms. The third-order valence-electron chi connectivity index (χ3n) is 22.4. The van der Waals surface area contributed by atoms with Gasteiger partial charge >= 0.3 is 0 Å².